The molecule has 1 atom stereocenters. The second-order valence-electron chi connectivity index (χ2n) is 5.27. The summed E-state index contributed by atoms with van der Waals surface area (Å²) in [5.41, 5.74) is 0.462. The number of cyclic esters (lactones) is 1. The third-order valence-electron chi connectivity index (χ3n) is 3.76. The van der Waals surface area contributed by atoms with Gasteiger partial charge in [0.1, 0.15) is 12.5 Å². The topological polar surface area (TPSA) is 62.4 Å². The molecule has 1 unspecified atom stereocenters. The lowest BCUT2D eigenvalue weighted by Crippen LogP contribution is -2.35. The Bertz CT molecular complexity index is 721. The molecule has 0 radical (unpaired) electrons. The number of aromatic amines is 1. The van der Waals surface area contributed by atoms with Gasteiger partial charge in [0.05, 0.1) is 6.54 Å². The summed E-state index contributed by atoms with van der Waals surface area (Å²) in [4.78, 5) is 26.7. The summed E-state index contributed by atoms with van der Waals surface area (Å²) in [6, 6.07) is 8.14. The lowest BCUT2D eigenvalue weighted by molar-refractivity contribution is -0.160. The summed E-state index contributed by atoms with van der Waals surface area (Å²) in [6.45, 7) is -0.0113. The van der Waals surface area contributed by atoms with Crippen molar-refractivity contribution in [3.05, 3.63) is 36.0 Å². The van der Waals surface area contributed by atoms with E-state index in [1.54, 1.807) is 24.3 Å². The van der Waals surface area contributed by atoms with Gasteiger partial charge in [-0.05, 0) is 17.5 Å². The number of amides is 2. The fraction of sp³-hybridized carbons (Fsp3) is 0.333. The number of nitrogens with one attached hydrogen (secondary N) is 1. The molecule has 1 aliphatic heterocycles. The quantitative estimate of drug-likeness (QED) is 0.942. The van der Waals surface area contributed by atoms with Crippen LogP contribution in [-0.4, -0.2) is 41.2 Å². The van der Waals surface area contributed by atoms with E-state index in [-0.39, 0.29) is 18.8 Å². The zero-order chi connectivity index (χ0) is 16.6. The van der Waals surface area contributed by atoms with Crippen LogP contribution in [0, 0.1) is 0 Å². The van der Waals surface area contributed by atoms with Gasteiger partial charge in [0.2, 0.25) is 5.91 Å². The van der Waals surface area contributed by atoms with Crippen LogP contribution in [0.25, 0.3) is 10.9 Å². The molecule has 1 N–H and O–H groups in total. The van der Waals surface area contributed by atoms with Crippen molar-refractivity contribution in [1.82, 2.24) is 9.88 Å². The highest BCUT2D eigenvalue weighted by Gasteiger charge is 2.44. The predicted molar refractivity (Wildman–Crippen MR) is 74.8 cm³/mol. The minimum atomic E-state index is -4.61. The van der Waals surface area contributed by atoms with Gasteiger partial charge in [-0.25, -0.2) is 9.69 Å². The summed E-state index contributed by atoms with van der Waals surface area (Å²) in [5, 5.41) is 0.629. The molecule has 8 heteroatoms. The first-order valence-electron chi connectivity index (χ1n) is 6.98. The third kappa shape index (κ3) is 3.01. The number of halogens is 3. The van der Waals surface area contributed by atoms with Crippen LogP contribution in [0.3, 0.4) is 0 Å². The maximum atomic E-state index is 13.4. The van der Waals surface area contributed by atoms with Crippen LogP contribution < -0.4 is 0 Å². The Balaban J connectivity index is 1.89. The van der Waals surface area contributed by atoms with Crippen molar-refractivity contribution in [2.45, 2.75) is 18.5 Å². The van der Waals surface area contributed by atoms with Crippen molar-refractivity contribution in [2.24, 2.45) is 0 Å². The molecule has 122 valence electrons. The van der Waals surface area contributed by atoms with E-state index in [0.29, 0.717) is 15.8 Å². The van der Waals surface area contributed by atoms with Gasteiger partial charge >= 0.3 is 12.3 Å². The molecule has 0 aliphatic carbocycles. The highest BCUT2D eigenvalue weighted by Crippen LogP contribution is 2.38. The molecule has 1 aliphatic rings. The van der Waals surface area contributed by atoms with Gasteiger partial charge in [-0.1, -0.05) is 18.2 Å². The Kier molecular flexibility index (Phi) is 3.75. The van der Waals surface area contributed by atoms with Crippen LogP contribution in [0.15, 0.2) is 30.3 Å². The smallest absolute Gasteiger partial charge is 0.416 e. The van der Waals surface area contributed by atoms with Crippen LogP contribution in [0.1, 0.15) is 18.0 Å². The van der Waals surface area contributed by atoms with Gasteiger partial charge < -0.3 is 9.72 Å². The van der Waals surface area contributed by atoms with Crippen LogP contribution >= 0.6 is 0 Å². The standard InChI is InChI=1S/C15H13F3N2O3/c16-15(17,18)10(8-13(21)20-5-6-23-14(20)22)12-7-9-3-1-2-4-11(9)19-12/h1-4,7,10,19H,5-6,8H2. The number of hydrogen-bond donors (Lipinski definition) is 1. The monoisotopic (exact) mass is 326 g/mol. The molecule has 23 heavy (non-hydrogen) atoms. The molecule has 0 saturated carbocycles. The number of hydrogen-bond acceptors (Lipinski definition) is 3. The first kappa shape index (κ1) is 15.4. The maximum absolute atomic E-state index is 13.4. The van der Waals surface area contributed by atoms with E-state index in [1.807, 2.05) is 0 Å². The average molecular weight is 326 g/mol. The molecule has 2 amide bonds. The van der Waals surface area contributed by atoms with Crippen molar-refractivity contribution in [2.75, 3.05) is 13.2 Å². The van der Waals surface area contributed by atoms with Crippen molar-refractivity contribution in [3.8, 4) is 0 Å². The Morgan fingerprint density at radius 1 is 1.35 bits per heavy atom. The lowest BCUT2D eigenvalue weighted by atomic mass is 10.00. The summed E-state index contributed by atoms with van der Waals surface area (Å²) in [5.74, 6) is -2.90. The van der Waals surface area contributed by atoms with Gasteiger partial charge in [-0.15, -0.1) is 0 Å². The van der Waals surface area contributed by atoms with Crippen molar-refractivity contribution in [3.63, 3.8) is 0 Å². The van der Waals surface area contributed by atoms with Gasteiger partial charge in [0.25, 0.3) is 0 Å². The van der Waals surface area contributed by atoms with Gasteiger partial charge in [-0.3, -0.25) is 4.79 Å². The number of alkyl halides is 3. The Labute approximate surface area is 129 Å². The molecule has 0 spiro atoms. The minimum absolute atomic E-state index is 0.00758. The Hall–Kier alpha value is -2.51. The van der Waals surface area contributed by atoms with Gasteiger partial charge in [-0.2, -0.15) is 13.2 Å². The first-order chi connectivity index (χ1) is 10.9. The molecule has 1 fully saturated rings. The van der Waals surface area contributed by atoms with Gasteiger partial charge in [0.15, 0.2) is 0 Å². The van der Waals surface area contributed by atoms with E-state index in [2.05, 4.69) is 9.72 Å². The largest absolute Gasteiger partial charge is 0.447 e. The first-order valence-corrected chi connectivity index (χ1v) is 6.98. The zero-order valence-corrected chi connectivity index (χ0v) is 11.9. The third-order valence-corrected chi connectivity index (χ3v) is 3.76. The van der Waals surface area contributed by atoms with E-state index >= 15 is 0 Å². The normalized spacial score (nSPS) is 16.7. The molecular formula is C15H13F3N2O3. The van der Waals surface area contributed by atoms with Crippen molar-refractivity contribution < 1.29 is 27.5 Å². The van der Waals surface area contributed by atoms with E-state index in [4.69, 9.17) is 0 Å². The molecule has 0 bridgehead atoms. The zero-order valence-electron chi connectivity index (χ0n) is 11.9. The minimum Gasteiger partial charge on any atom is -0.447 e. The van der Waals surface area contributed by atoms with E-state index in [0.717, 1.165) is 0 Å². The summed E-state index contributed by atoms with van der Waals surface area (Å²) in [7, 11) is 0. The summed E-state index contributed by atoms with van der Waals surface area (Å²) >= 11 is 0. The Morgan fingerprint density at radius 3 is 2.70 bits per heavy atom. The second kappa shape index (κ2) is 5.60. The summed E-state index contributed by atoms with van der Waals surface area (Å²) in [6.07, 6.45) is -6.35. The summed E-state index contributed by atoms with van der Waals surface area (Å²) < 4.78 is 44.7. The highest BCUT2D eigenvalue weighted by molar-refractivity contribution is 5.93. The van der Waals surface area contributed by atoms with Gasteiger partial charge in [0, 0.05) is 17.6 Å². The number of ether oxygens (including phenoxy) is 1. The average Bonchev–Trinajstić information content (AvgIpc) is 3.08. The highest BCUT2D eigenvalue weighted by atomic mass is 19.4. The number of nitrogens with zero attached hydrogens (tertiary/aromatic N) is 1. The number of fused-ring (bicyclic) bond motifs is 1. The SMILES string of the molecule is O=C(CC(c1cc2ccccc2[nH]1)C(F)(F)F)N1CCOC1=O. The van der Waals surface area contributed by atoms with Crippen molar-refractivity contribution >= 4 is 22.9 Å². The number of para-hydroxylation sites is 1. The number of H-pyrrole nitrogens is 1. The fourth-order valence-electron chi connectivity index (χ4n) is 2.59. The van der Waals surface area contributed by atoms with Crippen LogP contribution in [0.4, 0.5) is 18.0 Å². The fourth-order valence-corrected chi connectivity index (χ4v) is 2.59. The van der Waals surface area contributed by atoms with Crippen LogP contribution in [0.5, 0.6) is 0 Å². The van der Waals surface area contributed by atoms with E-state index < -0.39 is 30.5 Å². The van der Waals surface area contributed by atoms with E-state index in [9.17, 15) is 22.8 Å². The second-order valence-corrected chi connectivity index (χ2v) is 5.27. The molecule has 1 aromatic carbocycles. The molecule has 2 aromatic rings. The van der Waals surface area contributed by atoms with Crippen molar-refractivity contribution in [1.29, 1.82) is 0 Å². The maximum Gasteiger partial charge on any atom is 0.416 e. The molecular weight excluding hydrogens is 313 g/mol. The number of carbonyl (C=O) groups is 2. The molecule has 1 aromatic heterocycles. The Morgan fingerprint density at radius 2 is 2.09 bits per heavy atom. The van der Waals surface area contributed by atoms with Crippen LogP contribution in [-0.2, 0) is 9.53 Å². The van der Waals surface area contributed by atoms with Crippen LogP contribution in [0.2, 0.25) is 0 Å². The molecule has 3 rings (SSSR count). The number of benzene rings is 1. The molecule has 1 saturated heterocycles. The number of aromatic nitrogens is 1. The number of carbonyl (C=O) groups excluding carboxylic acids is 2. The molecule has 5 nitrogen and oxygen atoms in total. The van der Waals surface area contributed by atoms with E-state index in [1.165, 1.54) is 6.07 Å². The predicted octanol–water partition coefficient (Wildman–Crippen LogP) is 3.18. The lowest BCUT2D eigenvalue weighted by Gasteiger charge is -2.20. The number of rotatable bonds is 3. The number of imide groups is 1. The molecule has 2 heterocycles.